The molecular formula is C32H40N2O5S. The van der Waals surface area contributed by atoms with E-state index in [2.05, 4.69) is 54.9 Å². The van der Waals surface area contributed by atoms with Gasteiger partial charge in [-0.3, -0.25) is 9.35 Å². The van der Waals surface area contributed by atoms with Gasteiger partial charge in [0, 0.05) is 42.5 Å². The number of benzene rings is 2. The van der Waals surface area contributed by atoms with Crippen LogP contribution >= 0.6 is 0 Å². The minimum Gasteiger partial charge on any atom is -0.481 e. The molecule has 1 aliphatic heterocycles. The average Bonchev–Trinajstić information content (AvgIpc) is 3.10. The number of unbranched alkanes of at least 4 members (excludes halogenated alkanes) is 2. The molecule has 0 radical (unpaired) electrons. The van der Waals surface area contributed by atoms with Crippen LogP contribution in [0.3, 0.4) is 0 Å². The van der Waals surface area contributed by atoms with Crippen molar-refractivity contribution in [2.45, 2.75) is 51.4 Å². The highest BCUT2D eigenvalue weighted by atomic mass is 32.2. The lowest BCUT2D eigenvalue weighted by Crippen LogP contribution is -2.27. The van der Waals surface area contributed by atoms with Gasteiger partial charge in [-0.05, 0) is 59.1 Å². The van der Waals surface area contributed by atoms with Crippen LogP contribution in [0.15, 0.2) is 84.2 Å². The Hall–Kier alpha value is -3.62. The van der Waals surface area contributed by atoms with E-state index < -0.39 is 16.1 Å². The first-order chi connectivity index (χ1) is 19.0. The summed E-state index contributed by atoms with van der Waals surface area (Å²) in [5.41, 5.74) is 4.28. The molecule has 0 fully saturated rings. The monoisotopic (exact) mass is 564 g/mol. The summed E-state index contributed by atoms with van der Waals surface area (Å²) in [4.78, 5) is 13.2. The number of allylic oxidation sites excluding steroid dienone is 5. The molecule has 214 valence electrons. The Bertz CT molecular complexity index is 1490. The summed E-state index contributed by atoms with van der Waals surface area (Å²) in [5.74, 6) is -1.05. The molecule has 3 rings (SSSR count). The van der Waals surface area contributed by atoms with Gasteiger partial charge in [-0.1, -0.05) is 81.5 Å². The molecule has 3 N–H and O–H groups in total. The van der Waals surface area contributed by atoms with Gasteiger partial charge in [0.25, 0.3) is 10.1 Å². The fourth-order valence-electron chi connectivity index (χ4n) is 4.89. The van der Waals surface area contributed by atoms with Crippen molar-refractivity contribution < 1.29 is 22.9 Å². The Morgan fingerprint density at radius 2 is 1.77 bits per heavy atom. The van der Waals surface area contributed by atoms with Gasteiger partial charge in [-0.15, -0.1) is 0 Å². The number of carbonyl (C=O) groups is 1. The summed E-state index contributed by atoms with van der Waals surface area (Å²) < 4.78 is 31.0. The number of hydrogen-bond donors (Lipinski definition) is 3. The highest BCUT2D eigenvalue weighted by Crippen LogP contribution is 2.47. The molecular weight excluding hydrogens is 524 g/mol. The number of rotatable bonds is 14. The van der Waals surface area contributed by atoms with E-state index in [-0.39, 0.29) is 24.0 Å². The Balaban J connectivity index is 1.86. The summed E-state index contributed by atoms with van der Waals surface area (Å²) in [6.07, 6.45) is 12.9. The molecule has 0 aromatic heterocycles. The smallest absolute Gasteiger partial charge is 0.303 e. The van der Waals surface area contributed by atoms with Gasteiger partial charge in [0.15, 0.2) is 0 Å². The van der Waals surface area contributed by atoms with E-state index in [1.54, 1.807) is 0 Å². The average molecular weight is 565 g/mol. The summed E-state index contributed by atoms with van der Waals surface area (Å²) in [6, 6.07) is 16.2. The molecule has 7 nitrogen and oxygen atoms in total. The summed E-state index contributed by atoms with van der Waals surface area (Å²) in [5, 5.41) is 14.0. The van der Waals surface area contributed by atoms with Crippen molar-refractivity contribution in [1.29, 1.82) is 0 Å². The third kappa shape index (κ3) is 8.96. The third-order valence-electron chi connectivity index (χ3n) is 6.98. The van der Waals surface area contributed by atoms with Crippen LogP contribution in [-0.2, 0) is 20.3 Å². The lowest BCUT2D eigenvalue weighted by molar-refractivity contribution is -0.137. The Morgan fingerprint density at radius 3 is 2.50 bits per heavy atom. The van der Waals surface area contributed by atoms with Crippen LogP contribution in [0.5, 0.6) is 0 Å². The van der Waals surface area contributed by atoms with Gasteiger partial charge in [-0.25, -0.2) is 0 Å². The lowest BCUT2D eigenvalue weighted by atomic mass is 9.83. The Labute approximate surface area is 237 Å². The first-order valence-corrected chi connectivity index (χ1v) is 15.2. The van der Waals surface area contributed by atoms with Gasteiger partial charge in [0.05, 0.1) is 5.75 Å². The number of fused-ring (bicyclic) bond motifs is 1. The minimum absolute atomic E-state index is 0.194. The molecule has 0 spiro atoms. The predicted molar refractivity (Wildman–Crippen MR) is 163 cm³/mol. The lowest BCUT2D eigenvalue weighted by Gasteiger charge is -2.27. The number of para-hydroxylation sites is 1. The molecule has 1 aliphatic rings. The number of carboxylic acid groups (broad SMARTS) is 1. The topological polar surface area (TPSA) is 107 Å². The zero-order chi connectivity index (χ0) is 29.2. The van der Waals surface area contributed by atoms with Crippen molar-refractivity contribution in [3.8, 4) is 0 Å². The van der Waals surface area contributed by atoms with Crippen LogP contribution in [0.4, 0.5) is 5.69 Å². The number of aliphatic carboxylic acids is 1. The number of carboxylic acids is 1. The number of anilines is 1. The van der Waals surface area contributed by atoms with E-state index in [1.165, 1.54) is 16.9 Å². The second-order valence-corrected chi connectivity index (χ2v) is 12.1. The summed E-state index contributed by atoms with van der Waals surface area (Å²) >= 11 is 0. The van der Waals surface area contributed by atoms with Crippen LogP contribution in [0.2, 0.25) is 0 Å². The standard InChI is InChI=1S/C32H40N2O5S/c1-25-13-6-7-15-27(25)23-26(24-33-20-12-22-40(37,38)39)14-11-18-30-32(2,3)28-16-8-9-17-29(28)34(30)21-10-4-5-19-31(35)36/h6-9,11,13-18,23-24,33H,1,4-5,10,12,19-22H2,2-3H3,(H,35,36)(H,37,38,39)/b14-11+,26-24-,27-23-,30-18+. The highest BCUT2D eigenvalue weighted by molar-refractivity contribution is 7.85. The van der Waals surface area contributed by atoms with Crippen molar-refractivity contribution in [2.75, 3.05) is 23.7 Å². The van der Waals surface area contributed by atoms with Gasteiger partial charge in [-0.2, -0.15) is 8.42 Å². The van der Waals surface area contributed by atoms with E-state index in [0.717, 1.165) is 35.4 Å². The molecule has 2 aromatic rings. The Morgan fingerprint density at radius 1 is 1.05 bits per heavy atom. The molecule has 1 heterocycles. The largest absolute Gasteiger partial charge is 0.481 e. The van der Waals surface area contributed by atoms with Crippen molar-refractivity contribution in [3.05, 3.63) is 100 Å². The SMILES string of the molecule is C=c1cccc/c1=C/C(=C\NCCCS(=O)(=O)O)/C=C/C=C1/N(CCCCCC(=O)O)c2ccccc2C1(C)C. The van der Waals surface area contributed by atoms with Crippen LogP contribution in [0.1, 0.15) is 51.5 Å². The zero-order valence-corrected chi connectivity index (χ0v) is 24.2. The molecule has 2 aromatic carbocycles. The van der Waals surface area contributed by atoms with Gasteiger partial charge < -0.3 is 15.3 Å². The maximum absolute atomic E-state index is 11.0. The first-order valence-electron chi connectivity index (χ1n) is 13.6. The third-order valence-corrected chi connectivity index (χ3v) is 7.79. The highest BCUT2D eigenvalue weighted by Gasteiger charge is 2.39. The molecule has 0 saturated heterocycles. The molecule has 0 amide bonds. The fourth-order valence-corrected chi connectivity index (χ4v) is 5.40. The van der Waals surface area contributed by atoms with E-state index in [9.17, 15) is 13.2 Å². The van der Waals surface area contributed by atoms with E-state index >= 15 is 0 Å². The maximum Gasteiger partial charge on any atom is 0.303 e. The number of nitrogens with one attached hydrogen (secondary N) is 1. The second-order valence-electron chi connectivity index (χ2n) is 10.5. The predicted octanol–water partition coefficient (Wildman–Crippen LogP) is 4.51. The fraction of sp³-hybridized carbons (Fsp3) is 0.344. The van der Waals surface area contributed by atoms with Crippen LogP contribution < -0.4 is 20.7 Å². The first kappa shape index (κ1) is 30.9. The van der Waals surface area contributed by atoms with Crippen molar-refractivity contribution >= 4 is 34.4 Å². The van der Waals surface area contributed by atoms with Crippen LogP contribution in [0.25, 0.3) is 12.7 Å². The zero-order valence-electron chi connectivity index (χ0n) is 23.3. The molecule has 0 bridgehead atoms. The van der Waals surface area contributed by atoms with Gasteiger partial charge in [0.1, 0.15) is 0 Å². The normalized spacial score (nSPS) is 16.6. The second kappa shape index (κ2) is 14.1. The maximum atomic E-state index is 11.0. The summed E-state index contributed by atoms with van der Waals surface area (Å²) in [7, 11) is -3.98. The van der Waals surface area contributed by atoms with E-state index in [4.69, 9.17) is 9.66 Å². The van der Waals surface area contributed by atoms with Crippen LogP contribution in [0, 0.1) is 0 Å². The van der Waals surface area contributed by atoms with Crippen molar-refractivity contribution in [3.63, 3.8) is 0 Å². The van der Waals surface area contributed by atoms with Crippen molar-refractivity contribution in [2.24, 2.45) is 0 Å². The van der Waals surface area contributed by atoms with E-state index in [1.807, 2.05) is 54.8 Å². The Kier molecular flexibility index (Phi) is 10.9. The molecule has 0 aliphatic carbocycles. The van der Waals surface area contributed by atoms with Gasteiger partial charge in [0.2, 0.25) is 0 Å². The number of nitrogens with zero attached hydrogens (tertiary/aromatic N) is 1. The molecule has 8 heteroatoms. The van der Waals surface area contributed by atoms with Crippen LogP contribution in [-0.4, -0.2) is 42.9 Å². The molecule has 40 heavy (non-hydrogen) atoms. The summed E-state index contributed by atoms with van der Waals surface area (Å²) in [6.45, 7) is 9.75. The van der Waals surface area contributed by atoms with E-state index in [0.29, 0.717) is 13.0 Å². The molecule has 0 atom stereocenters. The quantitative estimate of drug-likeness (QED) is 0.176. The van der Waals surface area contributed by atoms with Crippen molar-refractivity contribution in [1.82, 2.24) is 5.32 Å². The molecule has 0 saturated carbocycles. The number of hydrogen-bond acceptors (Lipinski definition) is 5. The minimum atomic E-state index is -3.98. The molecule has 0 unspecified atom stereocenters. The van der Waals surface area contributed by atoms with Gasteiger partial charge >= 0.3 is 5.97 Å².